The van der Waals surface area contributed by atoms with Crippen LogP contribution in [0.3, 0.4) is 0 Å². The predicted octanol–water partition coefficient (Wildman–Crippen LogP) is 1.20. The molecule has 90 valence electrons. The molecular formula is C12H21N3O. The molecule has 1 fully saturated rings. The quantitative estimate of drug-likeness (QED) is 0.816. The molecule has 2 N–H and O–H groups in total. The Labute approximate surface area is 96.8 Å². The van der Waals surface area contributed by atoms with Crippen molar-refractivity contribution in [2.45, 2.75) is 38.8 Å². The van der Waals surface area contributed by atoms with Crippen LogP contribution in [0.25, 0.3) is 0 Å². The number of nitrogens with two attached hydrogens (primary N) is 1. The minimum absolute atomic E-state index is 0.187. The molecule has 1 saturated heterocycles. The summed E-state index contributed by atoms with van der Waals surface area (Å²) in [5, 5.41) is 0. The van der Waals surface area contributed by atoms with Crippen molar-refractivity contribution in [3.05, 3.63) is 18.2 Å². The molecule has 0 spiro atoms. The Balaban J connectivity index is 1.94. The zero-order valence-electron chi connectivity index (χ0n) is 9.93. The topological polar surface area (TPSA) is 53.1 Å². The van der Waals surface area contributed by atoms with Gasteiger partial charge in [-0.1, -0.05) is 6.92 Å². The highest BCUT2D eigenvalue weighted by molar-refractivity contribution is 4.94. The number of hydrogen-bond donors (Lipinski definition) is 1. The summed E-state index contributed by atoms with van der Waals surface area (Å²) in [4.78, 5) is 4.36. The fourth-order valence-electron chi connectivity index (χ4n) is 2.22. The number of aryl methyl sites for hydroxylation is 1. The van der Waals surface area contributed by atoms with Gasteiger partial charge in [0.25, 0.3) is 0 Å². The Hall–Kier alpha value is -0.870. The van der Waals surface area contributed by atoms with Gasteiger partial charge in [-0.05, 0) is 12.8 Å². The third-order valence-corrected chi connectivity index (χ3v) is 3.25. The molecule has 16 heavy (non-hydrogen) atoms. The lowest BCUT2D eigenvalue weighted by Gasteiger charge is -2.19. The SMILES string of the molecule is CCCc1nccn1CC(N)C1CCOC1. The largest absolute Gasteiger partial charge is 0.381 e. The molecule has 2 unspecified atom stereocenters. The number of aromatic nitrogens is 2. The van der Waals surface area contributed by atoms with Gasteiger partial charge in [-0.25, -0.2) is 4.98 Å². The first-order chi connectivity index (χ1) is 7.81. The van der Waals surface area contributed by atoms with E-state index in [-0.39, 0.29) is 6.04 Å². The second kappa shape index (κ2) is 5.46. The van der Waals surface area contributed by atoms with E-state index in [1.807, 2.05) is 12.4 Å². The predicted molar refractivity (Wildman–Crippen MR) is 63.1 cm³/mol. The van der Waals surface area contributed by atoms with Crippen molar-refractivity contribution in [3.63, 3.8) is 0 Å². The molecule has 1 aliphatic rings. The fourth-order valence-corrected chi connectivity index (χ4v) is 2.22. The lowest BCUT2D eigenvalue weighted by atomic mass is 10.00. The van der Waals surface area contributed by atoms with E-state index in [1.165, 1.54) is 0 Å². The van der Waals surface area contributed by atoms with Gasteiger partial charge in [0, 0.05) is 43.9 Å². The maximum Gasteiger partial charge on any atom is 0.108 e. The number of hydrogen-bond acceptors (Lipinski definition) is 3. The molecule has 0 aliphatic carbocycles. The van der Waals surface area contributed by atoms with Crippen LogP contribution in [0.1, 0.15) is 25.6 Å². The molecule has 2 atom stereocenters. The summed E-state index contributed by atoms with van der Waals surface area (Å²) in [5.41, 5.74) is 6.21. The Morgan fingerprint density at radius 3 is 3.25 bits per heavy atom. The van der Waals surface area contributed by atoms with Crippen molar-refractivity contribution in [1.29, 1.82) is 0 Å². The second-order valence-corrected chi connectivity index (χ2v) is 4.53. The third kappa shape index (κ3) is 2.62. The van der Waals surface area contributed by atoms with Gasteiger partial charge in [0.1, 0.15) is 5.82 Å². The molecular weight excluding hydrogens is 202 g/mol. The van der Waals surface area contributed by atoms with E-state index in [9.17, 15) is 0 Å². The fraction of sp³-hybridized carbons (Fsp3) is 0.750. The Bertz CT molecular complexity index is 318. The van der Waals surface area contributed by atoms with Gasteiger partial charge in [-0.15, -0.1) is 0 Å². The van der Waals surface area contributed by atoms with Gasteiger partial charge in [0.2, 0.25) is 0 Å². The lowest BCUT2D eigenvalue weighted by Crippen LogP contribution is -2.35. The van der Waals surface area contributed by atoms with Crippen LogP contribution in [0.15, 0.2) is 12.4 Å². The minimum atomic E-state index is 0.187. The molecule has 4 heteroatoms. The van der Waals surface area contributed by atoms with Crippen molar-refractivity contribution in [2.24, 2.45) is 11.7 Å². The highest BCUT2D eigenvalue weighted by Gasteiger charge is 2.23. The molecule has 0 radical (unpaired) electrons. The maximum absolute atomic E-state index is 6.21. The molecule has 0 amide bonds. The Kier molecular flexibility index (Phi) is 3.96. The van der Waals surface area contributed by atoms with Crippen LogP contribution in [-0.2, 0) is 17.7 Å². The summed E-state index contributed by atoms with van der Waals surface area (Å²) >= 11 is 0. The highest BCUT2D eigenvalue weighted by atomic mass is 16.5. The lowest BCUT2D eigenvalue weighted by molar-refractivity contribution is 0.178. The first kappa shape index (κ1) is 11.6. The van der Waals surface area contributed by atoms with Gasteiger partial charge in [0.15, 0.2) is 0 Å². The molecule has 4 nitrogen and oxygen atoms in total. The van der Waals surface area contributed by atoms with Gasteiger partial charge in [-0.2, -0.15) is 0 Å². The van der Waals surface area contributed by atoms with Crippen molar-refractivity contribution in [3.8, 4) is 0 Å². The molecule has 2 rings (SSSR count). The molecule has 1 aromatic heterocycles. The van der Waals surface area contributed by atoms with Crippen LogP contribution in [0.5, 0.6) is 0 Å². The minimum Gasteiger partial charge on any atom is -0.381 e. The first-order valence-electron chi connectivity index (χ1n) is 6.14. The number of rotatable bonds is 5. The monoisotopic (exact) mass is 223 g/mol. The van der Waals surface area contributed by atoms with E-state index in [0.29, 0.717) is 5.92 Å². The van der Waals surface area contributed by atoms with E-state index in [0.717, 1.165) is 44.8 Å². The molecule has 0 bridgehead atoms. The molecule has 1 aromatic rings. The number of imidazole rings is 1. The average molecular weight is 223 g/mol. The van der Waals surface area contributed by atoms with Gasteiger partial charge in [0.05, 0.1) is 6.61 Å². The van der Waals surface area contributed by atoms with Crippen LogP contribution in [0.4, 0.5) is 0 Å². The van der Waals surface area contributed by atoms with Crippen LogP contribution >= 0.6 is 0 Å². The zero-order chi connectivity index (χ0) is 11.4. The second-order valence-electron chi connectivity index (χ2n) is 4.53. The molecule has 0 aromatic carbocycles. The van der Waals surface area contributed by atoms with E-state index in [2.05, 4.69) is 16.5 Å². The van der Waals surface area contributed by atoms with Crippen LogP contribution in [0.2, 0.25) is 0 Å². The van der Waals surface area contributed by atoms with Crippen molar-refractivity contribution < 1.29 is 4.74 Å². The van der Waals surface area contributed by atoms with Gasteiger partial charge < -0.3 is 15.0 Å². The van der Waals surface area contributed by atoms with E-state index >= 15 is 0 Å². The van der Waals surface area contributed by atoms with Crippen LogP contribution in [0, 0.1) is 5.92 Å². The van der Waals surface area contributed by atoms with Crippen molar-refractivity contribution in [2.75, 3.05) is 13.2 Å². The number of ether oxygens (including phenoxy) is 1. The standard InChI is InChI=1S/C12H21N3O/c1-2-3-12-14-5-6-15(12)8-11(13)10-4-7-16-9-10/h5-6,10-11H,2-4,7-9,13H2,1H3. The zero-order valence-corrected chi connectivity index (χ0v) is 9.93. The van der Waals surface area contributed by atoms with E-state index in [1.54, 1.807) is 0 Å². The summed E-state index contributed by atoms with van der Waals surface area (Å²) in [6.07, 6.45) is 7.14. The van der Waals surface area contributed by atoms with Crippen LogP contribution in [-0.4, -0.2) is 28.8 Å². The third-order valence-electron chi connectivity index (χ3n) is 3.25. The normalized spacial score (nSPS) is 22.5. The maximum atomic E-state index is 6.21. The Morgan fingerprint density at radius 2 is 2.56 bits per heavy atom. The Morgan fingerprint density at radius 1 is 1.69 bits per heavy atom. The average Bonchev–Trinajstić information content (AvgIpc) is 2.90. The van der Waals surface area contributed by atoms with E-state index < -0.39 is 0 Å². The first-order valence-corrected chi connectivity index (χ1v) is 6.14. The number of nitrogens with zero attached hydrogens (tertiary/aromatic N) is 2. The summed E-state index contributed by atoms with van der Waals surface area (Å²) < 4.78 is 7.56. The summed E-state index contributed by atoms with van der Waals surface area (Å²) in [5.74, 6) is 1.66. The molecule has 0 saturated carbocycles. The van der Waals surface area contributed by atoms with Crippen molar-refractivity contribution in [1.82, 2.24) is 9.55 Å². The summed E-state index contributed by atoms with van der Waals surface area (Å²) in [7, 11) is 0. The molecule has 2 heterocycles. The smallest absolute Gasteiger partial charge is 0.108 e. The van der Waals surface area contributed by atoms with Crippen molar-refractivity contribution >= 4 is 0 Å². The molecule has 1 aliphatic heterocycles. The van der Waals surface area contributed by atoms with Gasteiger partial charge >= 0.3 is 0 Å². The van der Waals surface area contributed by atoms with Gasteiger partial charge in [-0.3, -0.25) is 0 Å². The highest BCUT2D eigenvalue weighted by Crippen LogP contribution is 2.17. The summed E-state index contributed by atoms with van der Waals surface area (Å²) in [6, 6.07) is 0.187. The van der Waals surface area contributed by atoms with Crippen LogP contribution < -0.4 is 5.73 Å². The van der Waals surface area contributed by atoms with E-state index in [4.69, 9.17) is 10.5 Å². The summed E-state index contributed by atoms with van der Waals surface area (Å²) in [6.45, 7) is 4.72.